The largest absolute Gasteiger partial charge is 0.504 e. The Bertz CT molecular complexity index is 1570. The molecule has 0 bridgehead atoms. The molecular weight excluding hydrogens is 512 g/mol. The van der Waals surface area contributed by atoms with Crippen molar-refractivity contribution >= 4 is 23.5 Å². The fourth-order valence-electron chi connectivity index (χ4n) is 4.02. The van der Waals surface area contributed by atoms with Gasteiger partial charge < -0.3 is 19.7 Å². The Balaban J connectivity index is 2.04. The number of benzene rings is 4. The average Bonchev–Trinajstić information content (AvgIpc) is 2.98. The van der Waals surface area contributed by atoms with Crippen LogP contribution in [-0.4, -0.2) is 40.3 Å². The molecule has 0 radical (unpaired) electrons. The van der Waals surface area contributed by atoms with Gasteiger partial charge in [0.15, 0.2) is 23.1 Å². The first kappa shape index (κ1) is 27.8. The third-order valence-electron chi connectivity index (χ3n) is 6.05. The van der Waals surface area contributed by atoms with Gasteiger partial charge in [-0.05, 0) is 25.5 Å². The lowest BCUT2D eigenvalue weighted by molar-refractivity contribution is 0.0496. The number of aromatic hydroxyl groups is 2. The zero-order valence-electron chi connectivity index (χ0n) is 21.8. The number of hydrogen-bond acceptors (Lipinski definition) is 8. The minimum atomic E-state index is -1.11. The molecular formula is C32H26O8. The molecule has 0 aliphatic rings. The lowest BCUT2D eigenvalue weighted by Crippen LogP contribution is -2.21. The van der Waals surface area contributed by atoms with Crippen molar-refractivity contribution in [2.45, 2.75) is 20.3 Å². The van der Waals surface area contributed by atoms with Crippen LogP contribution in [0.3, 0.4) is 0 Å². The molecule has 0 heterocycles. The van der Waals surface area contributed by atoms with E-state index in [-0.39, 0.29) is 23.3 Å². The van der Waals surface area contributed by atoms with Gasteiger partial charge in [0.1, 0.15) is 0 Å². The van der Waals surface area contributed by atoms with Crippen molar-refractivity contribution in [2.75, 3.05) is 6.61 Å². The van der Waals surface area contributed by atoms with E-state index in [4.69, 9.17) is 9.47 Å². The highest BCUT2D eigenvalue weighted by Crippen LogP contribution is 2.46. The Morgan fingerprint density at radius 3 is 1.73 bits per heavy atom. The van der Waals surface area contributed by atoms with Gasteiger partial charge in [-0.15, -0.1) is 0 Å². The minimum absolute atomic E-state index is 0.0588. The quantitative estimate of drug-likeness (QED) is 0.121. The summed E-state index contributed by atoms with van der Waals surface area (Å²) >= 11 is 0. The number of rotatable bonds is 9. The molecule has 4 rings (SSSR count). The molecule has 0 amide bonds. The van der Waals surface area contributed by atoms with Crippen LogP contribution in [0.25, 0.3) is 0 Å². The summed E-state index contributed by atoms with van der Waals surface area (Å²) in [6.07, 6.45) is 0.425. The number of phenolic OH excluding ortho intramolecular Hbond substituents is 2. The van der Waals surface area contributed by atoms with Crippen LogP contribution in [0.15, 0.2) is 84.9 Å². The summed E-state index contributed by atoms with van der Waals surface area (Å²) in [6.45, 7) is 3.51. The summed E-state index contributed by atoms with van der Waals surface area (Å²) in [5, 5.41) is 22.2. The van der Waals surface area contributed by atoms with Crippen LogP contribution in [-0.2, 0) is 4.74 Å². The third kappa shape index (κ3) is 5.61. The molecule has 0 saturated heterocycles. The van der Waals surface area contributed by atoms with Gasteiger partial charge >= 0.3 is 11.9 Å². The number of phenols is 2. The van der Waals surface area contributed by atoms with E-state index >= 15 is 0 Å². The maximum absolute atomic E-state index is 14.0. The van der Waals surface area contributed by atoms with E-state index in [0.29, 0.717) is 6.42 Å². The molecule has 0 aromatic heterocycles. The van der Waals surface area contributed by atoms with Crippen LogP contribution >= 0.6 is 0 Å². The molecule has 0 aliphatic carbocycles. The molecule has 8 heteroatoms. The number of carbonyl (C=O) groups excluding carboxylic acids is 4. The zero-order valence-corrected chi connectivity index (χ0v) is 21.8. The molecule has 0 spiro atoms. The molecule has 0 fully saturated rings. The van der Waals surface area contributed by atoms with Crippen molar-refractivity contribution in [1.82, 2.24) is 0 Å². The van der Waals surface area contributed by atoms with Gasteiger partial charge in [0.25, 0.3) is 0 Å². The van der Waals surface area contributed by atoms with Gasteiger partial charge in [0.2, 0.25) is 5.75 Å². The fraction of sp³-hybridized carbons (Fsp3) is 0.125. The summed E-state index contributed by atoms with van der Waals surface area (Å²) < 4.78 is 10.8. The number of ketones is 2. The summed E-state index contributed by atoms with van der Waals surface area (Å²) in [6, 6.07) is 21.8. The molecule has 4 aromatic rings. The second kappa shape index (κ2) is 12.1. The van der Waals surface area contributed by atoms with Crippen molar-refractivity contribution < 1.29 is 38.9 Å². The minimum Gasteiger partial charge on any atom is -0.504 e. The standard InChI is InChI=1S/C32H26O8/c1-3-18-39-32(38)23-24(26(33)20-10-6-4-7-11-20)28(35)29(36)30(40-31(37)22-12-8-5-9-13-22)25(23)27(34)21-16-14-19(2)15-17-21/h4-17,35-36H,3,18H2,1-2H3. The van der Waals surface area contributed by atoms with Crippen LogP contribution in [0.2, 0.25) is 0 Å². The first-order chi connectivity index (χ1) is 19.2. The number of aryl methyl sites for hydroxylation is 1. The fourth-order valence-corrected chi connectivity index (χ4v) is 4.02. The van der Waals surface area contributed by atoms with E-state index in [2.05, 4.69) is 0 Å². The van der Waals surface area contributed by atoms with E-state index in [9.17, 15) is 29.4 Å². The molecule has 8 nitrogen and oxygen atoms in total. The highest BCUT2D eigenvalue weighted by Gasteiger charge is 2.37. The Morgan fingerprint density at radius 1 is 0.625 bits per heavy atom. The lowest BCUT2D eigenvalue weighted by Gasteiger charge is -2.20. The summed E-state index contributed by atoms with van der Waals surface area (Å²) in [7, 11) is 0. The Labute approximate surface area is 230 Å². The molecule has 40 heavy (non-hydrogen) atoms. The Kier molecular flexibility index (Phi) is 8.39. The second-order valence-corrected chi connectivity index (χ2v) is 8.93. The van der Waals surface area contributed by atoms with Crippen LogP contribution in [0, 0.1) is 6.92 Å². The molecule has 4 aromatic carbocycles. The van der Waals surface area contributed by atoms with Gasteiger partial charge in [-0.2, -0.15) is 0 Å². The molecule has 2 N–H and O–H groups in total. The Hall–Kier alpha value is -5.24. The highest BCUT2D eigenvalue weighted by molar-refractivity contribution is 6.24. The van der Waals surface area contributed by atoms with Crippen LogP contribution < -0.4 is 4.74 Å². The summed E-state index contributed by atoms with van der Waals surface area (Å²) in [4.78, 5) is 54.1. The topological polar surface area (TPSA) is 127 Å². The molecule has 0 saturated carbocycles. The Morgan fingerprint density at radius 2 is 1.15 bits per heavy atom. The van der Waals surface area contributed by atoms with E-state index in [1.807, 2.05) is 6.92 Å². The summed E-state index contributed by atoms with van der Waals surface area (Å²) in [5.41, 5.74) is -0.791. The maximum atomic E-state index is 14.0. The first-order valence-corrected chi connectivity index (χ1v) is 12.5. The SMILES string of the molecule is CCCOC(=O)c1c(C(=O)c2ccccc2)c(O)c(O)c(OC(=O)c2ccccc2)c1C(=O)c1ccc(C)cc1. The molecule has 0 atom stereocenters. The zero-order chi connectivity index (χ0) is 28.8. The first-order valence-electron chi connectivity index (χ1n) is 12.5. The van der Waals surface area contributed by atoms with Crippen molar-refractivity contribution in [1.29, 1.82) is 0 Å². The highest BCUT2D eigenvalue weighted by atomic mass is 16.5. The van der Waals surface area contributed by atoms with Crippen molar-refractivity contribution in [3.05, 3.63) is 124 Å². The smallest absolute Gasteiger partial charge is 0.343 e. The molecule has 0 unspecified atom stereocenters. The van der Waals surface area contributed by atoms with Crippen molar-refractivity contribution in [3.63, 3.8) is 0 Å². The van der Waals surface area contributed by atoms with Crippen LogP contribution in [0.4, 0.5) is 0 Å². The van der Waals surface area contributed by atoms with E-state index < -0.39 is 57.4 Å². The van der Waals surface area contributed by atoms with Crippen LogP contribution in [0.5, 0.6) is 17.2 Å². The van der Waals surface area contributed by atoms with E-state index in [0.717, 1.165) is 5.56 Å². The van der Waals surface area contributed by atoms with Crippen LogP contribution in [0.1, 0.15) is 71.5 Å². The predicted molar refractivity (Wildman–Crippen MR) is 146 cm³/mol. The van der Waals surface area contributed by atoms with Gasteiger partial charge in [0.05, 0.1) is 28.9 Å². The van der Waals surface area contributed by atoms with Gasteiger partial charge in [-0.1, -0.05) is 85.3 Å². The molecule has 0 aliphatic heterocycles. The lowest BCUT2D eigenvalue weighted by atomic mass is 9.88. The number of hydrogen-bond donors (Lipinski definition) is 2. The van der Waals surface area contributed by atoms with Gasteiger partial charge in [-0.25, -0.2) is 9.59 Å². The van der Waals surface area contributed by atoms with Crippen molar-refractivity contribution in [2.24, 2.45) is 0 Å². The average molecular weight is 539 g/mol. The maximum Gasteiger partial charge on any atom is 0.343 e. The van der Waals surface area contributed by atoms with Gasteiger partial charge in [-0.3, -0.25) is 9.59 Å². The number of carbonyl (C=O) groups is 4. The van der Waals surface area contributed by atoms with Crippen molar-refractivity contribution in [3.8, 4) is 17.2 Å². The monoisotopic (exact) mass is 538 g/mol. The predicted octanol–water partition coefficient (Wildman–Crippen LogP) is 5.65. The number of ether oxygens (including phenoxy) is 2. The summed E-state index contributed by atoms with van der Waals surface area (Å²) in [5.74, 6) is -6.62. The normalized spacial score (nSPS) is 10.6. The number of esters is 2. The van der Waals surface area contributed by atoms with E-state index in [1.165, 1.54) is 36.4 Å². The van der Waals surface area contributed by atoms with Gasteiger partial charge in [0, 0.05) is 11.1 Å². The third-order valence-corrected chi connectivity index (χ3v) is 6.05. The van der Waals surface area contributed by atoms with E-state index in [1.54, 1.807) is 55.5 Å². The second-order valence-electron chi connectivity index (χ2n) is 8.93. The molecule has 202 valence electrons.